The van der Waals surface area contributed by atoms with Gasteiger partial charge in [0.25, 0.3) is 0 Å². The smallest absolute Gasteiger partial charge is 0.249 e. The first-order valence-electron chi connectivity index (χ1n) is 10.2. The Morgan fingerprint density at radius 3 is 2.37 bits per heavy atom. The number of benzene rings is 1. The zero-order valence-electron chi connectivity index (χ0n) is 16.9. The van der Waals surface area contributed by atoms with Crippen molar-refractivity contribution in [1.29, 1.82) is 0 Å². The Balaban J connectivity index is 1.54. The van der Waals surface area contributed by atoms with Gasteiger partial charge in [0.05, 0.1) is 11.8 Å². The van der Waals surface area contributed by atoms with Crippen LogP contribution in [0.2, 0.25) is 0 Å². The first-order valence-corrected chi connectivity index (χ1v) is 10.9. The number of anilines is 1. The largest absolute Gasteiger partial charge is 0.299 e. The number of allylic oxidation sites excluding steroid dienone is 2. The highest BCUT2D eigenvalue weighted by molar-refractivity contribution is 7.10. The average molecular weight is 425 g/mol. The number of nitrogens with zero attached hydrogens (tertiary/aromatic N) is 3. The number of hydrogen-bond donors (Lipinski definition) is 1. The highest BCUT2D eigenvalue weighted by Crippen LogP contribution is 2.37. The maximum Gasteiger partial charge on any atom is 0.249 e. The first kappa shape index (κ1) is 20.4. The summed E-state index contributed by atoms with van der Waals surface area (Å²) in [6, 6.07) is 8.64. The molecule has 0 bridgehead atoms. The molecular formula is C22H24N4O3S. The van der Waals surface area contributed by atoms with Crippen LogP contribution >= 0.6 is 11.5 Å². The van der Waals surface area contributed by atoms with Crippen LogP contribution < -0.4 is 5.32 Å². The monoisotopic (exact) mass is 424 g/mol. The highest BCUT2D eigenvalue weighted by atomic mass is 32.1. The van der Waals surface area contributed by atoms with Crippen LogP contribution in [0.1, 0.15) is 33.1 Å². The maximum absolute atomic E-state index is 13.1. The van der Waals surface area contributed by atoms with E-state index >= 15 is 0 Å². The van der Waals surface area contributed by atoms with Crippen molar-refractivity contribution in [3.8, 4) is 11.4 Å². The van der Waals surface area contributed by atoms with Gasteiger partial charge in [0.1, 0.15) is 6.04 Å². The van der Waals surface area contributed by atoms with E-state index in [-0.39, 0.29) is 29.6 Å². The third-order valence-corrected chi connectivity index (χ3v) is 6.17. The number of nitrogens with one attached hydrogen (secondary N) is 1. The number of amides is 3. The quantitative estimate of drug-likeness (QED) is 0.566. The van der Waals surface area contributed by atoms with Gasteiger partial charge in [0.15, 0.2) is 5.82 Å². The van der Waals surface area contributed by atoms with E-state index in [2.05, 4.69) is 14.7 Å². The highest BCUT2D eigenvalue weighted by Gasteiger charge is 2.51. The summed E-state index contributed by atoms with van der Waals surface area (Å²) in [6.45, 7) is 3.94. The van der Waals surface area contributed by atoms with Crippen LogP contribution in [0.25, 0.3) is 11.4 Å². The summed E-state index contributed by atoms with van der Waals surface area (Å²) in [4.78, 5) is 44.7. The summed E-state index contributed by atoms with van der Waals surface area (Å²) in [5, 5.41) is 3.13. The standard InChI is InChI=1S/C22H24N4O3S/c1-13(2)12-17(26-20(28)15-10-6-7-11-16(15)21(26)29)19(27)24-22-23-18(25-30-22)14-8-4-3-5-9-14/h3-9,13,15-17H,10-12H2,1-2H3,(H,23,24,25,27). The Bertz CT molecular complexity index is 959. The molecule has 1 aliphatic heterocycles. The second-order valence-corrected chi connectivity index (χ2v) is 8.88. The van der Waals surface area contributed by atoms with Gasteiger partial charge in [-0.1, -0.05) is 56.3 Å². The molecule has 0 spiro atoms. The number of imide groups is 1. The molecule has 3 amide bonds. The van der Waals surface area contributed by atoms with E-state index < -0.39 is 11.9 Å². The zero-order chi connectivity index (χ0) is 21.3. The van der Waals surface area contributed by atoms with Crippen molar-refractivity contribution >= 4 is 34.4 Å². The Morgan fingerprint density at radius 1 is 1.13 bits per heavy atom. The third kappa shape index (κ3) is 3.92. The minimum absolute atomic E-state index is 0.136. The van der Waals surface area contributed by atoms with E-state index in [9.17, 15) is 14.4 Å². The maximum atomic E-state index is 13.1. The average Bonchev–Trinajstić information content (AvgIpc) is 3.30. The minimum atomic E-state index is -0.848. The summed E-state index contributed by atoms with van der Waals surface area (Å²) in [5.41, 5.74) is 0.856. The second-order valence-electron chi connectivity index (χ2n) is 8.13. The summed E-state index contributed by atoms with van der Waals surface area (Å²) < 4.78 is 4.31. The number of rotatable bonds is 6. The number of likely N-dealkylation sites (tertiary alicyclic amines) is 1. The topological polar surface area (TPSA) is 92.3 Å². The fraction of sp³-hybridized carbons (Fsp3) is 0.409. The number of fused-ring (bicyclic) bond motifs is 1. The molecule has 7 nitrogen and oxygen atoms in total. The van der Waals surface area contributed by atoms with E-state index in [4.69, 9.17) is 0 Å². The van der Waals surface area contributed by atoms with E-state index in [1.165, 1.54) is 4.90 Å². The van der Waals surface area contributed by atoms with Gasteiger partial charge in [-0.2, -0.15) is 9.36 Å². The minimum Gasteiger partial charge on any atom is -0.299 e. The molecule has 156 valence electrons. The van der Waals surface area contributed by atoms with Gasteiger partial charge in [-0.25, -0.2) is 0 Å². The van der Waals surface area contributed by atoms with Gasteiger partial charge in [-0.05, 0) is 25.2 Å². The van der Waals surface area contributed by atoms with Crippen molar-refractivity contribution in [3.63, 3.8) is 0 Å². The van der Waals surface area contributed by atoms with Gasteiger partial charge < -0.3 is 0 Å². The van der Waals surface area contributed by atoms with Crippen molar-refractivity contribution in [3.05, 3.63) is 42.5 Å². The van der Waals surface area contributed by atoms with Crippen molar-refractivity contribution in [2.45, 2.75) is 39.2 Å². The van der Waals surface area contributed by atoms with Crippen LogP contribution in [0.15, 0.2) is 42.5 Å². The van der Waals surface area contributed by atoms with Gasteiger partial charge in [-0.15, -0.1) is 0 Å². The van der Waals surface area contributed by atoms with E-state index in [1.54, 1.807) is 0 Å². The Labute approximate surface area is 179 Å². The van der Waals surface area contributed by atoms with Gasteiger partial charge in [0, 0.05) is 17.1 Å². The summed E-state index contributed by atoms with van der Waals surface area (Å²) in [7, 11) is 0. The molecule has 2 aromatic rings. The molecule has 8 heteroatoms. The molecule has 1 N–H and O–H groups in total. The lowest BCUT2D eigenvalue weighted by Gasteiger charge is -2.26. The van der Waals surface area contributed by atoms with Crippen molar-refractivity contribution < 1.29 is 14.4 Å². The van der Waals surface area contributed by atoms with Crippen LogP contribution in [0.5, 0.6) is 0 Å². The number of hydrogen-bond acceptors (Lipinski definition) is 6. The molecule has 0 saturated carbocycles. The lowest BCUT2D eigenvalue weighted by molar-refractivity contribution is -0.147. The predicted molar refractivity (Wildman–Crippen MR) is 114 cm³/mol. The SMILES string of the molecule is CC(C)CC(C(=O)Nc1nc(-c2ccccc2)ns1)N1C(=O)C2CC=CCC2C1=O. The van der Waals surface area contributed by atoms with Crippen molar-refractivity contribution in [1.82, 2.24) is 14.3 Å². The van der Waals surface area contributed by atoms with E-state index in [0.717, 1.165) is 17.1 Å². The molecule has 1 aromatic carbocycles. The van der Waals surface area contributed by atoms with Crippen LogP contribution in [0, 0.1) is 17.8 Å². The van der Waals surface area contributed by atoms with Crippen molar-refractivity contribution in [2.75, 3.05) is 5.32 Å². The third-order valence-electron chi connectivity index (χ3n) is 5.54. The van der Waals surface area contributed by atoms with Gasteiger partial charge in [-0.3, -0.25) is 24.6 Å². The molecule has 3 unspecified atom stereocenters. The second kappa shape index (κ2) is 8.47. The number of carbonyl (C=O) groups excluding carboxylic acids is 3. The fourth-order valence-corrected chi connectivity index (χ4v) is 4.67. The molecule has 2 heterocycles. The van der Waals surface area contributed by atoms with Crippen LogP contribution in [0.4, 0.5) is 5.13 Å². The molecule has 0 radical (unpaired) electrons. The Morgan fingerprint density at radius 2 is 1.77 bits per heavy atom. The number of aromatic nitrogens is 2. The predicted octanol–water partition coefficient (Wildman–Crippen LogP) is 3.51. The molecule has 1 aromatic heterocycles. The van der Waals surface area contributed by atoms with Gasteiger partial charge in [0.2, 0.25) is 22.9 Å². The Kier molecular flexibility index (Phi) is 5.76. The van der Waals surface area contributed by atoms with Crippen LogP contribution in [-0.2, 0) is 14.4 Å². The molecule has 1 saturated heterocycles. The molecule has 4 rings (SSSR count). The molecule has 2 aliphatic rings. The van der Waals surface area contributed by atoms with Crippen molar-refractivity contribution in [2.24, 2.45) is 17.8 Å². The van der Waals surface area contributed by atoms with Crippen LogP contribution in [-0.4, -0.2) is 38.0 Å². The molecular weight excluding hydrogens is 400 g/mol. The molecule has 1 aliphatic carbocycles. The molecule has 1 fully saturated rings. The molecule has 3 atom stereocenters. The van der Waals surface area contributed by atoms with E-state index in [0.29, 0.717) is 30.2 Å². The normalized spacial score (nSPS) is 21.8. The summed E-state index contributed by atoms with van der Waals surface area (Å²) in [6.07, 6.45) is 5.40. The number of carbonyl (C=O) groups is 3. The fourth-order valence-electron chi connectivity index (χ4n) is 4.08. The lowest BCUT2D eigenvalue weighted by Crippen LogP contribution is -2.48. The zero-order valence-corrected chi connectivity index (χ0v) is 17.8. The summed E-state index contributed by atoms with van der Waals surface area (Å²) >= 11 is 1.08. The van der Waals surface area contributed by atoms with E-state index in [1.807, 2.05) is 56.3 Å². The summed E-state index contributed by atoms with van der Waals surface area (Å²) in [5.74, 6) is -0.909. The molecule has 30 heavy (non-hydrogen) atoms. The van der Waals surface area contributed by atoms with Crippen LogP contribution in [0.3, 0.4) is 0 Å². The Hall–Kier alpha value is -2.87. The lowest BCUT2D eigenvalue weighted by atomic mass is 9.85. The first-order chi connectivity index (χ1) is 14.5. The van der Waals surface area contributed by atoms with Gasteiger partial charge >= 0.3 is 0 Å².